The van der Waals surface area contributed by atoms with Crippen LogP contribution in [0.3, 0.4) is 0 Å². The second-order valence-corrected chi connectivity index (χ2v) is 17.1. The molecule has 1 aromatic heterocycles. The average Bonchev–Trinajstić information content (AvgIpc) is 3.78. The molecule has 1 heterocycles. The molecule has 308 valence electrons. The lowest BCUT2D eigenvalue weighted by Crippen LogP contribution is -2.11. The van der Waals surface area contributed by atoms with Gasteiger partial charge in [0.25, 0.3) is 0 Å². The minimum atomic E-state index is 0.849. The molecule has 0 spiro atoms. The summed E-state index contributed by atoms with van der Waals surface area (Å²) in [5.74, 6) is 0. The van der Waals surface area contributed by atoms with Crippen molar-refractivity contribution in [3.05, 3.63) is 249 Å². The molecular formula is C64H41NO. The molecule has 2 heteroatoms. The predicted molar refractivity (Wildman–Crippen MR) is 280 cm³/mol. The first kappa shape index (κ1) is 37.8. The highest BCUT2D eigenvalue weighted by molar-refractivity contribution is 6.22. The van der Waals surface area contributed by atoms with Crippen molar-refractivity contribution >= 4 is 82.1 Å². The van der Waals surface area contributed by atoms with Crippen LogP contribution in [-0.2, 0) is 0 Å². The fourth-order valence-corrected chi connectivity index (χ4v) is 10.5. The van der Waals surface area contributed by atoms with E-state index in [-0.39, 0.29) is 0 Å². The molecule has 0 aliphatic heterocycles. The molecule has 0 N–H and O–H groups in total. The molecule has 0 atom stereocenters. The van der Waals surface area contributed by atoms with Crippen LogP contribution in [-0.4, -0.2) is 0 Å². The average molecular weight is 840 g/mol. The van der Waals surface area contributed by atoms with Gasteiger partial charge in [-0.05, 0) is 118 Å². The van der Waals surface area contributed by atoms with Gasteiger partial charge in [0.1, 0.15) is 5.58 Å². The Morgan fingerprint density at radius 1 is 0.273 bits per heavy atom. The van der Waals surface area contributed by atoms with Gasteiger partial charge in [-0.15, -0.1) is 0 Å². The molecule has 0 amide bonds. The molecule has 12 aromatic carbocycles. The van der Waals surface area contributed by atoms with Gasteiger partial charge < -0.3 is 9.32 Å². The number of hydrogen-bond acceptors (Lipinski definition) is 2. The summed E-state index contributed by atoms with van der Waals surface area (Å²) in [5.41, 5.74) is 14.3. The minimum absolute atomic E-state index is 0.849. The zero-order valence-electron chi connectivity index (χ0n) is 36.0. The van der Waals surface area contributed by atoms with Gasteiger partial charge in [-0.2, -0.15) is 0 Å². The summed E-state index contributed by atoms with van der Waals surface area (Å²) in [6, 6.07) is 90.2. The molecule has 0 saturated heterocycles. The molecule has 0 bridgehead atoms. The third-order valence-corrected chi connectivity index (χ3v) is 13.5. The number of nitrogens with zero attached hydrogens (tertiary/aromatic N) is 1. The van der Waals surface area contributed by atoms with Gasteiger partial charge in [-0.3, -0.25) is 0 Å². The van der Waals surface area contributed by atoms with Crippen LogP contribution < -0.4 is 4.90 Å². The van der Waals surface area contributed by atoms with Crippen molar-refractivity contribution in [3.8, 4) is 44.5 Å². The molecule has 13 rings (SSSR count). The zero-order valence-corrected chi connectivity index (χ0v) is 36.0. The second kappa shape index (κ2) is 15.5. The van der Waals surface area contributed by atoms with E-state index in [1.165, 1.54) is 76.5 Å². The number of hydrogen-bond donors (Lipinski definition) is 0. The Kier molecular flexibility index (Phi) is 8.89. The molecule has 2 nitrogen and oxygen atoms in total. The summed E-state index contributed by atoms with van der Waals surface area (Å²) in [5, 5.41) is 12.1. The first-order valence-electron chi connectivity index (χ1n) is 22.7. The molecule has 0 fully saturated rings. The molecular weight excluding hydrogens is 799 g/mol. The maximum Gasteiger partial charge on any atom is 0.159 e. The lowest BCUT2D eigenvalue weighted by Gasteiger charge is -2.28. The monoisotopic (exact) mass is 839 g/mol. The van der Waals surface area contributed by atoms with Crippen LogP contribution in [0, 0.1) is 0 Å². The van der Waals surface area contributed by atoms with E-state index >= 15 is 0 Å². The van der Waals surface area contributed by atoms with E-state index in [2.05, 4.69) is 248 Å². The van der Waals surface area contributed by atoms with Crippen molar-refractivity contribution in [3.63, 3.8) is 0 Å². The number of para-hydroxylation sites is 3. The Bertz CT molecular complexity index is 3980. The third kappa shape index (κ3) is 6.11. The van der Waals surface area contributed by atoms with E-state index in [1.807, 2.05) is 6.07 Å². The third-order valence-electron chi connectivity index (χ3n) is 13.5. The summed E-state index contributed by atoms with van der Waals surface area (Å²) in [4.78, 5) is 2.39. The van der Waals surface area contributed by atoms with Crippen molar-refractivity contribution in [2.75, 3.05) is 4.90 Å². The van der Waals surface area contributed by atoms with Gasteiger partial charge in [-0.25, -0.2) is 0 Å². The number of rotatable bonds is 7. The molecule has 66 heavy (non-hydrogen) atoms. The Labute approximate surface area is 382 Å². The first-order valence-corrected chi connectivity index (χ1v) is 22.7. The number of benzene rings is 12. The largest absolute Gasteiger partial charge is 0.454 e. The molecule has 0 aliphatic carbocycles. The zero-order chi connectivity index (χ0) is 43.6. The maximum absolute atomic E-state index is 6.81. The van der Waals surface area contributed by atoms with Crippen LogP contribution in [0.5, 0.6) is 0 Å². The van der Waals surface area contributed by atoms with Gasteiger partial charge in [0.05, 0.1) is 11.4 Å². The number of fused-ring (bicyclic) bond motifs is 9. The van der Waals surface area contributed by atoms with Crippen molar-refractivity contribution in [2.45, 2.75) is 0 Å². The van der Waals surface area contributed by atoms with E-state index in [0.717, 1.165) is 50.1 Å². The molecule has 0 radical (unpaired) electrons. The van der Waals surface area contributed by atoms with E-state index in [4.69, 9.17) is 4.42 Å². The topological polar surface area (TPSA) is 16.4 Å². The van der Waals surface area contributed by atoms with E-state index in [0.29, 0.717) is 0 Å². The summed E-state index contributed by atoms with van der Waals surface area (Å²) >= 11 is 0. The highest BCUT2D eigenvalue weighted by Crippen LogP contribution is 2.49. The van der Waals surface area contributed by atoms with Crippen LogP contribution in [0.25, 0.3) is 110 Å². The van der Waals surface area contributed by atoms with Crippen LogP contribution in [0.15, 0.2) is 253 Å². The van der Waals surface area contributed by atoms with Crippen molar-refractivity contribution < 1.29 is 4.42 Å². The second-order valence-electron chi connectivity index (χ2n) is 17.1. The summed E-state index contributed by atoms with van der Waals surface area (Å²) < 4.78 is 6.81. The van der Waals surface area contributed by atoms with Gasteiger partial charge in [0.2, 0.25) is 0 Å². The van der Waals surface area contributed by atoms with Crippen molar-refractivity contribution in [1.29, 1.82) is 0 Å². The van der Waals surface area contributed by atoms with E-state index in [9.17, 15) is 0 Å². The lowest BCUT2D eigenvalue weighted by atomic mass is 9.84. The van der Waals surface area contributed by atoms with Gasteiger partial charge in [-0.1, -0.05) is 212 Å². The molecule has 0 unspecified atom stereocenters. The molecule has 13 aromatic rings. The first-order chi connectivity index (χ1) is 32.8. The predicted octanol–water partition coefficient (Wildman–Crippen LogP) is 18.3. The van der Waals surface area contributed by atoms with Gasteiger partial charge in [0.15, 0.2) is 5.58 Å². The maximum atomic E-state index is 6.81. The quantitative estimate of drug-likeness (QED) is 0.149. The minimum Gasteiger partial charge on any atom is -0.454 e. The fourth-order valence-electron chi connectivity index (χ4n) is 10.5. The summed E-state index contributed by atoms with van der Waals surface area (Å²) in [6.07, 6.45) is 0. The Balaban J connectivity index is 1.04. The van der Waals surface area contributed by atoms with Crippen LogP contribution >= 0.6 is 0 Å². The fraction of sp³-hybridized carbons (Fsp3) is 0. The standard InChI is InChI=1S/C64H41NO/c1-3-18-44(19-4-1)62-56-26-10-9-24-52(56)54-40-36-46(41-58(54)63(62)45-20-5-2-6-21-45)50-23-11-13-30-59(50)65(60-31-16-29-57-55-25-12-14-32-61(55)66-64(57)60)47-37-33-43(34-38-47)49-27-15-28-51-48-22-8-7-17-42(48)35-39-53(49)51/h1-41H. The molecule has 0 aliphatic rings. The highest BCUT2D eigenvalue weighted by Gasteiger charge is 2.24. The smallest absolute Gasteiger partial charge is 0.159 e. The van der Waals surface area contributed by atoms with Crippen molar-refractivity contribution in [2.24, 2.45) is 0 Å². The van der Waals surface area contributed by atoms with Gasteiger partial charge >= 0.3 is 0 Å². The molecule has 0 saturated carbocycles. The lowest BCUT2D eigenvalue weighted by molar-refractivity contribution is 0.669. The normalized spacial score (nSPS) is 11.6. The van der Waals surface area contributed by atoms with E-state index < -0.39 is 0 Å². The van der Waals surface area contributed by atoms with Crippen LogP contribution in [0.4, 0.5) is 17.1 Å². The number of anilines is 3. The Hall–Kier alpha value is -8.72. The van der Waals surface area contributed by atoms with Crippen molar-refractivity contribution in [1.82, 2.24) is 0 Å². The number of furan rings is 1. The van der Waals surface area contributed by atoms with E-state index in [1.54, 1.807) is 0 Å². The highest BCUT2D eigenvalue weighted by atomic mass is 16.3. The van der Waals surface area contributed by atoms with Crippen LogP contribution in [0.1, 0.15) is 0 Å². The SMILES string of the molecule is c1ccc(-c2c(-c3ccccc3)c3cc(-c4ccccc4N(c4ccc(-c5cccc6c5ccc5ccccc56)cc4)c4cccc5c4oc4ccccc45)ccc3c3ccccc23)cc1. The van der Waals surface area contributed by atoms with Crippen LogP contribution in [0.2, 0.25) is 0 Å². The van der Waals surface area contributed by atoms with Gasteiger partial charge in [0, 0.05) is 22.0 Å². The Morgan fingerprint density at radius 3 is 1.61 bits per heavy atom. The summed E-state index contributed by atoms with van der Waals surface area (Å²) in [7, 11) is 0. The summed E-state index contributed by atoms with van der Waals surface area (Å²) in [6.45, 7) is 0. The Morgan fingerprint density at radius 2 is 0.803 bits per heavy atom.